The largest absolute Gasteiger partial charge is 0.457 e. The van der Waals surface area contributed by atoms with E-state index in [1.54, 1.807) is 11.6 Å². The van der Waals surface area contributed by atoms with Crippen molar-refractivity contribution in [2.24, 2.45) is 0 Å². The summed E-state index contributed by atoms with van der Waals surface area (Å²) in [5, 5.41) is 10.5. The summed E-state index contributed by atoms with van der Waals surface area (Å²) in [6.07, 6.45) is 0. The van der Waals surface area contributed by atoms with Gasteiger partial charge in [0.15, 0.2) is 4.34 Å². The molecule has 116 valence electrons. The molecule has 0 saturated heterocycles. The van der Waals surface area contributed by atoms with E-state index in [1.807, 2.05) is 48.5 Å². The highest BCUT2D eigenvalue weighted by molar-refractivity contribution is 8.01. The molecule has 2 aromatic carbocycles. The standard InChI is InChI=1S/C16H13N3O2S2/c20-15(10-22-16-19-17-11-23-16)18-12-5-4-8-14(9-12)21-13-6-2-1-3-7-13/h1-9,11H,10H2,(H,18,20). The molecule has 0 saturated carbocycles. The first-order chi connectivity index (χ1) is 11.3. The number of carbonyl (C=O) groups is 1. The minimum atomic E-state index is -0.0953. The van der Waals surface area contributed by atoms with Gasteiger partial charge in [0.2, 0.25) is 5.91 Å². The zero-order valence-corrected chi connectivity index (χ0v) is 13.6. The Morgan fingerprint density at radius 1 is 1.13 bits per heavy atom. The third-order valence-electron chi connectivity index (χ3n) is 2.76. The van der Waals surface area contributed by atoms with Crippen LogP contribution in [0.2, 0.25) is 0 Å². The lowest BCUT2D eigenvalue weighted by atomic mass is 10.3. The Bertz CT molecular complexity index is 764. The number of thioether (sulfide) groups is 1. The quantitative estimate of drug-likeness (QED) is 0.684. The number of hydrogen-bond acceptors (Lipinski definition) is 6. The first kappa shape index (κ1) is 15.5. The maximum Gasteiger partial charge on any atom is 0.234 e. The number of hydrogen-bond donors (Lipinski definition) is 1. The summed E-state index contributed by atoms with van der Waals surface area (Å²) in [7, 11) is 0. The number of para-hydroxylation sites is 1. The topological polar surface area (TPSA) is 64.1 Å². The van der Waals surface area contributed by atoms with E-state index in [-0.39, 0.29) is 5.91 Å². The second-order valence-corrected chi connectivity index (χ2v) is 6.54. The van der Waals surface area contributed by atoms with Crippen molar-refractivity contribution < 1.29 is 9.53 Å². The van der Waals surface area contributed by atoms with Gasteiger partial charge in [0.05, 0.1) is 5.75 Å². The summed E-state index contributed by atoms with van der Waals surface area (Å²) in [6, 6.07) is 16.8. The molecule has 0 aliphatic rings. The Morgan fingerprint density at radius 2 is 1.96 bits per heavy atom. The Morgan fingerprint density at radius 3 is 2.74 bits per heavy atom. The average molecular weight is 343 g/mol. The number of carbonyl (C=O) groups excluding carboxylic acids is 1. The summed E-state index contributed by atoms with van der Waals surface area (Å²) in [5.74, 6) is 1.62. The number of benzene rings is 2. The third-order valence-corrected chi connectivity index (χ3v) is 4.62. The van der Waals surface area contributed by atoms with Crippen molar-refractivity contribution in [3.63, 3.8) is 0 Å². The molecule has 0 unspecified atom stereocenters. The molecule has 5 nitrogen and oxygen atoms in total. The molecule has 3 aromatic rings. The van der Waals surface area contributed by atoms with Crippen molar-refractivity contribution in [1.82, 2.24) is 10.2 Å². The molecule has 0 bridgehead atoms. The monoisotopic (exact) mass is 343 g/mol. The summed E-state index contributed by atoms with van der Waals surface area (Å²) in [5.41, 5.74) is 2.34. The predicted molar refractivity (Wildman–Crippen MR) is 92.2 cm³/mol. The minimum Gasteiger partial charge on any atom is -0.457 e. The van der Waals surface area contributed by atoms with Crippen LogP contribution in [0.5, 0.6) is 11.5 Å². The Balaban J connectivity index is 1.57. The lowest BCUT2D eigenvalue weighted by Crippen LogP contribution is -2.13. The normalized spacial score (nSPS) is 10.3. The Kier molecular flexibility index (Phi) is 5.23. The van der Waals surface area contributed by atoms with Crippen molar-refractivity contribution in [3.8, 4) is 11.5 Å². The SMILES string of the molecule is O=C(CSc1nncs1)Nc1cccc(Oc2ccccc2)c1. The van der Waals surface area contributed by atoms with E-state index in [2.05, 4.69) is 15.5 Å². The van der Waals surface area contributed by atoms with E-state index in [4.69, 9.17) is 4.74 Å². The highest BCUT2D eigenvalue weighted by atomic mass is 32.2. The van der Waals surface area contributed by atoms with Crippen LogP contribution in [0.1, 0.15) is 0 Å². The molecule has 0 aliphatic heterocycles. The minimum absolute atomic E-state index is 0.0953. The second-order valence-electron chi connectivity index (χ2n) is 4.48. The lowest BCUT2D eigenvalue weighted by molar-refractivity contribution is -0.113. The number of nitrogens with zero attached hydrogens (tertiary/aromatic N) is 2. The van der Waals surface area contributed by atoms with Crippen LogP contribution in [-0.4, -0.2) is 21.9 Å². The van der Waals surface area contributed by atoms with Gasteiger partial charge in [-0.1, -0.05) is 47.4 Å². The fraction of sp³-hybridized carbons (Fsp3) is 0.0625. The third kappa shape index (κ3) is 4.80. The maximum absolute atomic E-state index is 12.0. The molecule has 3 rings (SSSR count). The molecule has 0 radical (unpaired) electrons. The second kappa shape index (κ2) is 7.75. The van der Waals surface area contributed by atoms with Gasteiger partial charge in [-0.3, -0.25) is 4.79 Å². The Labute approximate surface area is 141 Å². The van der Waals surface area contributed by atoms with Gasteiger partial charge in [-0.15, -0.1) is 10.2 Å². The van der Waals surface area contributed by atoms with Crippen molar-refractivity contribution in [2.75, 3.05) is 11.1 Å². The van der Waals surface area contributed by atoms with Crippen molar-refractivity contribution in [2.45, 2.75) is 4.34 Å². The molecule has 0 aliphatic carbocycles. The fourth-order valence-corrected chi connectivity index (χ4v) is 3.10. The molecule has 7 heteroatoms. The maximum atomic E-state index is 12.0. The van der Waals surface area contributed by atoms with Crippen LogP contribution < -0.4 is 10.1 Å². The van der Waals surface area contributed by atoms with Gasteiger partial charge in [-0.25, -0.2) is 0 Å². The smallest absolute Gasteiger partial charge is 0.234 e. The summed E-state index contributed by atoms with van der Waals surface area (Å²) in [4.78, 5) is 12.0. The number of nitrogens with one attached hydrogen (secondary N) is 1. The highest BCUT2D eigenvalue weighted by Gasteiger charge is 2.06. The highest BCUT2D eigenvalue weighted by Crippen LogP contribution is 2.24. The van der Waals surface area contributed by atoms with Gasteiger partial charge in [0, 0.05) is 11.8 Å². The predicted octanol–water partition coefficient (Wildman–Crippen LogP) is 4.06. The van der Waals surface area contributed by atoms with Crippen molar-refractivity contribution >= 4 is 34.7 Å². The van der Waals surface area contributed by atoms with E-state index in [0.717, 1.165) is 10.1 Å². The zero-order valence-electron chi connectivity index (χ0n) is 12.0. The molecule has 0 fully saturated rings. The van der Waals surface area contributed by atoms with Crippen LogP contribution in [0.3, 0.4) is 0 Å². The molecule has 23 heavy (non-hydrogen) atoms. The van der Waals surface area contributed by atoms with E-state index in [0.29, 0.717) is 17.2 Å². The number of ether oxygens (including phenoxy) is 1. The molecular weight excluding hydrogens is 330 g/mol. The van der Waals surface area contributed by atoms with Gasteiger partial charge in [-0.2, -0.15) is 0 Å². The lowest BCUT2D eigenvalue weighted by Gasteiger charge is -2.08. The number of rotatable bonds is 6. The summed E-state index contributed by atoms with van der Waals surface area (Å²) >= 11 is 2.78. The molecular formula is C16H13N3O2S2. The first-order valence-electron chi connectivity index (χ1n) is 6.81. The fourth-order valence-electron chi connectivity index (χ4n) is 1.81. The van der Waals surface area contributed by atoms with Gasteiger partial charge in [-0.05, 0) is 24.3 Å². The number of anilines is 1. The first-order valence-corrected chi connectivity index (χ1v) is 8.68. The molecule has 1 N–H and O–H groups in total. The van der Waals surface area contributed by atoms with E-state index < -0.39 is 0 Å². The van der Waals surface area contributed by atoms with Gasteiger partial charge < -0.3 is 10.1 Å². The van der Waals surface area contributed by atoms with E-state index in [1.165, 1.54) is 23.1 Å². The molecule has 1 amide bonds. The van der Waals surface area contributed by atoms with Crippen LogP contribution in [0.25, 0.3) is 0 Å². The van der Waals surface area contributed by atoms with Gasteiger partial charge in [0.1, 0.15) is 17.0 Å². The van der Waals surface area contributed by atoms with E-state index in [9.17, 15) is 4.79 Å². The molecule has 1 aromatic heterocycles. The van der Waals surface area contributed by atoms with Crippen LogP contribution in [-0.2, 0) is 4.79 Å². The molecule has 1 heterocycles. The average Bonchev–Trinajstić information content (AvgIpc) is 3.08. The van der Waals surface area contributed by atoms with Crippen molar-refractivity contribution in [1.29, 1.82) is 0 Å². The number of amides is 1. The van der Waals surface area contributed by atoms with Crippen LogP contribution in [0, 0.1) is 0 Å². The van der Waals surface area contributed by atoms with Crippen LogP contribution >= 0.6 is 23.1 Å². The molecule has 0 spiro atoms. The van der Waals surface area contributed by atoms with Crippen molar-refractivity contribution in [3.05, 3.63) is 60.1 Å². The summed E-state index contributed by atoms with van der Waals surface area (Å²) < 4.78 is 6.53. The van der Waals surface area contributed by atoms with Gasteiger partial charge >= 0.3 is 0 Å². The zero-order chi connectivity index (χ0) is 15.9. The Hall–Kier alpha value is -2.38. The van der Waals surface area contributed by atoms with Gasteiger partial charge in [0.25, 0.3) is 0 Å². The van der Waals surface area contributed by atoms with Crippen LogP contribution in [0.4, 0.5) is 5.69 Å². The number of aromatic nitrogens is 2. The molecule has 0 atom stereocenters. The summed E-state index contributed by atoms with van der Waals surface area (Å²) in [6.45, 7) is 0. The van der Waals surface area contributed by atoms with Crippen LogP contribution in [0.15, 0.2) is 64.4 Å². The van der Waals surface area contributed by atoms with E-state index >= 15 is 0 Å².